The molecule has 4 aliphatic carbocycles. The maximum absolute atomic E-state index is 12.4. The molecule has 8 atom stereocenters. The lowest BCUT2D eigenvalue weighted by Crippen LogP contribution is -2.74. The standard InChI is InChI=1S/2C17H17NO4.H2O4S/c2*1-18-7-6-16-13-9-2-3-10(19)14(13)22-15(16)11(20)4-5-17(16,21)12(18)8-9;1-5(2,3)4/h2*2-5,12,15,19,21H,6-8H2,1H3;(H2,1,2,3,4)/t2*12-,15+,16+,17-;/m11./s1. The van der Waals surface area contributed by atoms with Gasteiger partial charge in [0.15, 0.2) is 46.8 Å². The monoisotopic (exact) mass is 696 g/mol. The molecule has 2 saturated heterocycles. The number of ether oxygens (including phenoxy) is 2. The van der Waals surface area contributed by atoms with Crippen LogP contribution in [-0.2, 0) is 43.7 Å². The van der Waals surface area contributed by atoms with Crippen LogP contribution in [0.1, 0.15) is 35.1 Å². The molecule has 0 saturated carbocycles. The van der Waals surface area contributed by atoms with Crippen LogP contribution in [0.25, 0.3) is 0 Å². The molecule has 2 aromatic rings. The molecule has 260 valence electrons. The van der Waals surface area contributed by atoms with Crippen LogP contribution in [0.3, 0.4) is 0 Å². The normalized spacial score (nSPS) is 38.2. The van der Waals surface area contributed by atoms with Gasteiger partial charge in [-0.1, -0.05) is 12.1 Å². The van der Waals surface area contributed by atoms with Crippen LogP contribution in [0, 0.1) is 0 Å². The van der Waals surface area contributed by atoms with Gasteiger partial charge in [0.2, 0.25) is 0 Å². The van der Waals surface area contributed by atoms with Gasteiger partial charge >= 0.3 is 10.4 Å². The Labute approximate surface area is 281 Å². The third-order valence-electron chi connectivity index (χ3n) is 12.3. The van der Waals surface area contributed by atoms with Gasteiger partial charge in [-0.05, 0) is 100 Å². The van der Waals surface area contributed by atoms with Crippen molar-refractivity contribution in [3.05, 3.63) is 70.8 Å². The van der Waals surface area contributed by atoms with E-state index in [0.29, 0.717) is 37.2 Å². The first-order valence-corrected chi connectivity index (χ1v) is 17.4. The number of ketones is 2. The predicted molar refractivity (Wildman–Crippen MR) is 170 cm³/mol. The number of nitrogens with zero attached hydrogens (tertiary/aromatic N) is 2. The second-order valence-corrected chi connectivity index (χ2v) is 15.2. The van der Waals surface area contributed by atoms with Crippen molar-refractivity contribution in [3.8, 4) is 23.0 Å². The maximum atomic E-state index is 12.4. The SMILES string of the molecule is CN1CC[C@]23c4c5ccc(O)c4O[C@H]2C(=O)C=C[C@@]3(O)[C@H]1C5.CN1CC[C@]23c4c5ccc(O)c4O[C@H]2C(=O)C=C[C@@]3(O)[C@H]1C5.O=S(=O)(O)O. The Morgan fingerprint density at radius 2 is 1.08 bits per heavy atom. The second kappa shape index (κ2) is 10.1. The van der Waals surface area contributed by atoms with Crippen LogP contribution in [0.2, 0.25) is 0 Å². The van der Waals surface area contributed by atoms with Crippen molar-refractivity contribution < 1.29 is 57.0 Å². The fourth-order valence-corrected chi connectivity index (χ4v) is 10.3. The number of carbonyl (C=O) groups excluding carboxylic acids is 2. The van der Waals surface area contributed by atoms with Gasteiger partial charge in [-0.3, -0.25) is 28.5 Å². The quantitative estimate of drug-likeness (QED) is 0.206. The van der Waals surface area contributed by atoms with Gasteiger partial charge in [0.25, 0.3) is 0 Å². The Hall–Kier alpha value is -3.83. The number of likely N-dealkylation sites (tertiary alicyclic amines) is 2. The summed E-state index contributed by atoms with van der Waals surface area (Å²) in [6.45, 7) is 1.59. The highest BCUT2D eigenvalue weighted by atomic mass is 32.3. The average Bonchev–Trinajstić information content (AvgIpc) is 3.58. The number of phenolic OH excluding ortho intramolecular Hbond substituents is 2. The van der Waals surface area contributed by atoms with Crippen molar-refractivity contribution in [2.45, 2.75) is 72.0 Å². The average molecular weight is 697 g/mol. The van der Waals surface area contributed by atoms with Gasteiger partial charge < -0.3 is 29.9 Å². The molecule has 2 aromatic carbocycles. The highest BCUT2D eigenvalue weighted by Crippen LogP contribution is 2.64. The highest BCUT2D eigenvalue weighted by Gasteiger charge is 2.73. The highest BCUT2D eigenvalue weighted by molar-refractivity contribution is 7.79. The summed E-state index contributed by atoms with van der Waals surface area (Å²) in [5.74, 6) is 0.625. The molecule has 0 aromatic heterocycles. The van der Waals surface area contributed by atoms with Gasteiger partial charge in [0, 0.05) is 23.2 Å². The first-order valence-electron chi connectivity index (χ1n) is 16.0. The number of piperidine rings is 2. The molecule has 4 aliphatic heterocycles. The number of hydrogen-bond acceptors (Lipinski definition) is 12. The van der Waals surface area contributed by atoms with E-state index in [1.807, 2.05) is 26.2 Å². The number of aliphatic hydroxyl groups is 2. The topological polar surface area (TPSA) is 215 Å². The molecule has 15 heteroatoms. The van der Waals surface area contributed by atoms with Gasteiger partial charge in [-0.15, -0.1) is 0 Å². The summed E-state index contributed by atoms with van der Waals surface area (Å²) >= 11 is 0. The van der Waals surface area contributed by atoms with Crippen LogP contribution in [-0.4, -0.2) is 122 Å². The maximum Gasteiger partial charge on any atom is 0.394 e. The van der Waals surface area contributed by atoms with Gasteiger partial charge in [0.1, 0.15) is 11.2 Å². The third kappa shape index (κ3) is 4.00. The lowest BCUT2D eigenvalue weighted by atomic mass is 9.51. The van der Waals surface area contributed by atoms with Crippen molar-refractivity contribution in [2.24, 2.45) is 0 Å². The molecule has 6 N–H and O–H groups in total. The van der Waals surface area contributed by atoms with E-state index in [4.69, 9.17) is 27.0 Å². The van der Waals surface area contributed by atoms with Crippen molar-refractivity contribution in [2.75, 3.05) is 27.2 Å². The number of aromatic hydroxyl groups is 2. The zero-order chi connectivity index (χ0) is 35.1. The van der Waals surface area contributed by atoms with E-state index >= 15 is 0 Å². The number of carbonyl (C=O) groups is 2. The minimum absolute atomic E-state index is 0.0510. The molecule has 4 bridgehead atoms. The van der Waals surface area contributed by atoms with E-state index in [0.717, 1.165) is 35.3 Å². The van der Waals surface area contributed by atoms with Crippen molar-refractivity contribution in [3.63, 3.8) is 0 Å². The zero-order valence-electron chi connectivity index (χ0n) is 26.6. The Morgan fingerprint density at radius 1 is 0.714 bits per heavy atom. The molecular formula is C34H36N2O12S. The van der Waals surface area contributed by atoms with Gasteiger partial charge in [0.05, 0.1) is 10.8 Å². The molecular weight excluding hydrogens is 660 g/mol. The molecule has 2 spiro atoms. The Bertz CT molecular complexity index is 1880. The lowest BCUT2D eigenvalue weighted by Gasteiger charge is -2.60. The van der Waals surface area contributed by atoms with Crippen molar-refractivity contribution in [1.29, 1.82) is 0 Å². The molecule has 10 rings (SSSR count). The number of phenols is 2. The summed E-state index contributed by atoms with van der Waals surface area (Å²) in [7, 11) is -0.645. The predicted octanol–water partition coefficient (Wildman–Crippen LogP) is 0.390. The molecule has 14 nitrogen and oxygen atoms in total. The van der Waals surface area contributed by atoms with Crippen LogP contribution in [0.15, 0.2) is 48.6 Å². The number of likely N-dealkylation sites (N-methyl/N-ethyl adjacent to an activating group) is 2. The molecule has 8 aliphatic rings. The fourth-order valence-electron chi connectivity index (χ4n) is 10.3. The summed E-state index contributed by atoms with van der Waals surface area (Å²) < 4.78 is 43.4. The van der Waals surface area contributed by atoms with E-state index < -0.39 is 44.6 Å². The van der Waals surface area contributed by atoms with E-state index in [9.17, 15) is 30.0 Å². The smallest absolute Gasteiger partial charge is 0.394 e. The number of hydrogen-bond donors (Lipinski definition) is 6. The first-order chi connectivity index (χ1) is 23.0. The minimum Gasteiger partial charge on any atom is -0.504 e. The van der Waals surface area contributed by atoms with Crippen molar-refractivity contribution >= 4 is 22.0 Å². The van der Waals surface area contributed by atoms with E-state index in [2.05, 4.69) is 9.80 Å². The zero-order valence-corrected chi connectivity index (χ0v) is 27.4. The summed E-state index contributed by atoms with van der Waals surface area (Å²) in [5.41, 5.74) is 0.0354. The lowest BCUT2D eigenvalue weighted by molar-refractivity contribution is -0.151. The second-order valence-electron chi connectivity index (χ2n) is 14.3. The minimum atomic E-state index is -4.67. The van der Waals surface area contributed by atoms with Gasteiger partial charge in [-0.25, -0.2) is 0 Å². The van der Waals surface area contributed by atoms with Crippen molar-refractivity contribution in [1.82, 2.24) is 9.80 Å². The molecule has 49 heavy (non-hydrogen) atoms. The molecule has 0 radical (unpaired) electrons. The molecule has 2 fully saturated rings. The molecule has 0 unspecified atom stereocenters. The van der Waals surface area contributed by atoms with E-state index in [1.54, 1.807) is 24.3 Å². The van der Waals surface area contributed by atoms with Crippen LogP contribution in [0.4, 0.5) is 0 Å². The number of benzene rings is 2. The van der Waals surface area contributed by atoms with Crippen LogP contribution >= 0.6 is 0 Å². The number of rotatable bonds is 0. The van der Waals surface area contributed by atoms with Gasteiger partial charge in [-0.2, -0.15) is 8.42 Å². The van der Waals surface area contributed by atoms with Crippen LogP contribution < -0.4 is 9.47 Å². The van der Waals surface area contributed by atoms with E-state index in [-0.39, 0.29) is 35.1 Å². The summed E-state index contributed by atoms with van der Waals surface area (Å²) in [6, 6.07) is 6.88. The Morgan fingerprint density at radius 3 is 1.45 bits per heavy atom. The summed E-state index contributed by atoms with van der Waals surface area (Å²) in [5, 5.41) is 43.5. The Kier molecular flexibility index (Phi) is 6.69. The summed E-state index contributed by atoms with van der Waals surface area (Å²) in [6.07, 6.45) is 7.41. The molecule has 0 amide bonds. The van der Waals surface area contributed by atoms with E-state index in [1.165, 1.54) is 12.2 Å². The Balaban J connectivity index is 0.000000125. The fraction of sp³-hybridized carbons (Fsp3) is 0.471. The molecule has 4 heterocycles. The first kappa shape index (κ1) is 32.4. The van der Waals surface area contributed by atoms with Crippen LogP contribution in [0.5, 0.6) is 23.0 Å². The third-order valence-corrected chi connectivity index (χ3v) is 12.3. The summed E-state index contributed by atoms with van der Waals surface area (Å²) in [4.78, 5) is 29.2. The largest absolute Gasteiger partial charge is 0.504 e.